The number of aryl methyl sites for hydroxylation is 1. The molecule has 0 aliphatic carbocycles. The van der Waals surface area contributed by atoms with Crippen LogP contribution in [0, 0.1) is 0 Å². The van der Waals surface area contributed by atoms with Crippen molar-refractivity contribution < 1.29 is 0 Å². The Morgan fingerprint density at radius 3 is 2.92 bits per heavy atom. The molecule has 0 amide bonds. The van der Waals surface area contributed by atoms with Crippen LogP contribution < -0.4 is 5.73 Å². The summed E-state index contributed by atoms with van der Waals surface area (Å²) in [4.78, 5) is 2.25. The standard InChI is InChI=1S/C9H18N4/c1-12(5-3-4-10)7-9-6-11-13(2)8-9/h6,8H,3-5,7,10H2,1-2H3. The second kappa shape index (κ2) is 4.99. The fourth-order valence-electron chi connectivity index (χ4n) is 1.31. The van der Waals surface area contributed by atoms with E-state index in [0.717, 1.165) is 26.1 Å². The summed E-state index contributed by atoms with van der Waals surface area (Å²) in [7, 11) is 4.03. The van der Waals surface area contributed by atoms with Crippen LogP contribution in [-0.4, -0.2) is 34.8 Å². The third-order valence-electron chi connectivity index (χ3n) is 1.95. The molecule has 0 aliphatic rings. The molecule has 0 aliphatic heterocycles. The molecular weight excluding hydrogens is 164 g/mol. The Morgan fingerprint density at radius 2 is 2.38 bits per heavy atom. The zero-order valence-electron chi connectivity index (χ0n) is 8.40. The third kappa shape index (κ3) is 3.57. The predicted molar refractivity (Wildman–Crippen MR) is 53.2 cm³/mol. The molecule has 1 aromatic heterocycles. The van der Waals surface area contributed by atoms with Crippen LogP contribution in [0.2, 0.25) is 0 Å². The largest absolute Gasteiger partial charge is 0.330 e. The molecule has 13 heavy (non-hydrogen) atoms. The molecule has 0 spiro atoms. The number of rotatable bonds is 5. The fourth-order valence-corrected chi connectivity index (χ4v) is 1.31. The van der Waals surface area contributed by atoms with Gasteiger partial charge in [0, 0.05) is 25.4 Å². The normalized spacial score (nSPS) is 11.1. The van der Waals surface area contributed by atoms with Gasteiger partial charge >= 0.3 is 0 Å². The quantitative estimate of drug-likeness (QED) is 0.707. The Labute approximate surface area is 79.3 Å². The second-order valence-corrected chi connectivity index (χ2v) is 3.40. The van der Waals surface area contributed by atoms with Gasteiger partial charge in [-0.25, -0.2) is 0 Å². The van der Waals surface area contributed by atoms with Crippen molar-refractivity contribution in [2.45, 2.75) is 13.0 Å². The molecule has 0 fully saturated rings. The van der Waals surface area contributed by atoms with E-state index in [0.29, 0.717) is 0 Å². The predicted octanol–water partition coefficient (Wildman–Crippen LogP) is 0.201. The van der Waals surface area contributed by atoms with E-state index in [1.54, 1.807) is 0 Å². The minimum absolute atomic E-state index is 0.761. The van der Waals surface area contributed by atoms with Crippen LogP contribution in [0.1, 0.15) is 12.0 Å². The summed E-state index contributed by atoms with van der Waals surface area (Å²) in [6.45, 7) is 2.76. The molecule has 4 heteroatoms. The molecule has 4 nitrogen and oxygen atoms in total. The van der Waals surface area contributed by atoms with E-state index in [4.69, 9.17) is 5.73 Å². The fraction of sp³-hybridized carbons (Fsp3) is 0.667. The van der Waals surface area contributed by atoms with Gasteiger partial charge in [0.2, 0.25) is 0 Å². The first kappa shape index (κ1) is 10.2. The molecule has 1 aromatic rings. The molecule has 74 valence electrons. The van der Waals surface area contributed by atoms with E-state index in [9.17, 15) is 0 Å². The van der Waals surface area contributed by atoms with Crippen LogP contribution in [0.4, 0.5) is 0 Å². The average molecular weight is 182 g/mol. The lowest BCUT2D eigenvalue weighted by atomic mass is 10.3. The molecule has 0 bridgehead atoms. The summed E-state index contributed by atoms with van der Waals surface area (Å²) in [6, 6.07) is 0. The molecule has 0 atom stereocenters. The summed E-state index contributed by atoms with van der Waals surface area (Å²) in [5.41, 5.74) is 6.68. The first-order chi connectivity index (χ1) is 6.22. The molecule has 1 rings (SSSR count). The molecule has 0 radical (unpaired) electrons. The van der Waals surface area contributed by atoms with Crippen molar-refractivity contribution in [3.05, 3.63) is 18.0 Å². The van der Waals surface area contributed by atoms with Gasteiger partial charge in [-0.05, 0) is 26.6 Å². The first-order valence-electron chi connectivity index (χ1n) is 4.58. The lowest BCUT2D eigenvalue weighted by Gasteiger charge is -2.14. The molecule has 0 saturated carbocycles. The Kier molecular flexibility index (Phi) is 3.92. The van der Waals surface area contributed by atoms with Crippen LogP contribution in [0.5, 0.6) is 0 Å². The number of hydrogen-bond acceptors (Lipinski definition) is 3. The summed E-state index contributed by atoms with van der Waals surface area (Å²) >= 11 is 0. The highest BCUT2D eigenvalue weighted by molar-refractivity contribution is 5.02. The van der Waals surface area contributed by atoms with Gasteiger partial charge in [-0.3, -0.25) is 4.68 Å². The lowest BCUT2D eigenvalue weighted by molar-refractivity contribution is 0.324. The smallest absolute Gasteiger partial charge is 0.0534 e. The van der Waals surface area contributed by atoms with Crippen molar-refractivity contribution in [3.8, 4) is 0 Å². The van der Waals surface area contributed by atoms with E-state index in [1.165, 1.54) is 5.56 Å². The van der Waals surface area contributed by atoms with Crippen molar-refractivity contribution in [3.63, 3.8) is 0 Å². The molecule has 0 aromatic carbocycles. The Morgan fingerprint density at radius 1 is 1.62 bits per heavy atom. The van der Waals surface area contributed by atoms with Gasteiger partial charge in [0.25, 0.3) is 0 Å². The minimum atomic E-state index is 0.761. The highest BCUT2D eigenvalue weighted by Gasteiger charge is 2.00. The van der Waals surface area contributed by atoms with E-state index in [1.807, 2.05) is 24.1 Å². The highest BCUT2D eigenvalue weighted by Crippen LogP contribution is 2.00. The van der Waals surface area contributed by atoms with Crippen LogP contribution in [0.25, 0.3) is 0 Å². The van der Waals surface area contributed by atoms with Gasteiger partial charge in [0.05, 0.1) is 6.20 Å². The van der Waals surface area contributed by atoms with Crippen LogP contribution in [0.3, 0.4) is 0 Å². The van der Waals surface area contributed by atoms with Crippen LogP contribution in [0.15, 0.2) is 12.4 Å². The molecule has 1 heterocycles. The van der Waals surface area contributed by atoms with Crippen molar-refractivity contribution in [2.24, 2.45) is 12.8 Å². The van der Waals surface area contributed by atoms with E-state index < -0.39 is 0 Å². The lowest BCUT2D eigenvalue weighted by Crippen LogP contribution is -2.21. The molecule has 0 saturated heterocycles. The van der Waals surface area contributed by atoms with Crippen LogP contribution >= 0.6 is 0 Å². The maximum absolute atomic E-state index is 5.43. The van der Waals surface area contributed by atoms with Gasteiger partial charge in [-0.1, -0.05) is 0 Å². The summed E-state index contributed by atoms with van der Waals surface area (Å²) in [5.74, 6) is 0. The van der Waals surface area contributed by atoms with Gasteiger partial charge in [0.1, 0.15) is 0 Å². The Hall–Kier alpha value is -0.870. The summed E-state index contributed by atoms with van der Waals surface area (Å²) < 4.78 is 1.83. The number of nitrogens with two attached hydrogens (primary N) is 1. The highest BCUT2D eigenvalue weighted by atomic mass is 15.2. The van der Waals surface area contributed by atoms with E-state index >= 15 is 0 Å². The average Bonchev–Trinajstić information content (AvgIpc) is 2.48. The van der Waals surface area contributed by atoms with E-state index in [2.05, 4.69) is 17.0 Å². The maximum atomic E-state index is 5.43. The summed E-state index contributed by atoms with van der Waals surface area (Å²) in [5, 5.41) is 4.12. The zero-order valence-corrected chi connectivity index (χ0v) is 8.40. The monoisotopic (exact) mass is 182 g/mol. The summed E-state index contributed by atoms with van der Waals surface area (Å²) in [6.07, 6.45) is 4.99. The molecule has 2 N–H and O–H groups in total. The van der Waals surface area contributed by atoms with Crippen LogP contribution in [-0.2, 0) is 13.6 Å². The number of aromatic nitrogens is 2. The van der Waals surface area contributed by atoms with Gasteiger partial charge in [-0.2, -0.15) is 5.10 Å². The molecule has 0 unspecified atom stereocenters. The van der Waals surface area contributed by atoms with Crippen molar-refractivity contribution in [1.29, 1.82) is 0 Å². The topological polar surface area (TPSA) is 47.1 Å². The maximum Gasteiger partial charge on any atom is 0.0534 e. The van der Waals surface area contributed by atoms with Gasteiger partial charge in [-0.15, -0.1) is 0 Å². The van der Waals surface area contributed by atoms with Gasteiger partial charge < -0.3 is 10.6 Å². The third-order valence-corrected chi connectivity index (χ3v) is 1.95. The molecular formula is C9H18N4. The van der Waals surface area contributed by atoms with Gasteiger partial charge in [0.15, 0.2) is 0 Å². The SMILES string of the molecule is CN(CCCN)Cc1cnn(C)c1. The second-order valence-electron chi connectivity index (χ2n) is 3.40. The number of hydrogen-bond donors (Lipinski definition) is 1. The van der Waals surface area contributed by atoms with Crippen molar-refractivity contribution >= 4 is 0 Å². The minimum Gasteiger partial charge on any atom is -0.330 e. The zero-order chi connectivity index (χ0) is 9.68. The van der Waals surface area contributed by atoms with E-state index in [-0.39, 0.29) is 0 Å². The number of nitrogens with zero attached hydrogens (tertiary/aromatic N) is 3. The first-order valence-corrected chi connectivity index (χ1v) is 4.58. The van der Waals surface area contributed by atoms with Crippen molar-refractivity contribution in [2.75, 3.05) is 20.1 Å². The Bertz CT molecular complexity index is 244. The van der Waals surface area contributed by atoms with Crippen molar-refractivity contribution in [1.82, 2.24) is 14.7 Å². The Balaban J connectivity index is 2.31.